The molecule has 1 unspecified atom stereocenters. The molecular formula is C14H17NO. The summed E-state index contributed by atoms with van der Waals surface area (Å²) in [5.41, 5.74) is 0.795. The first-order valence-corrected chi connectivity index (χ1v) is 5.90. The van der Waals surface area contributed by atoms with Gasteiger partial charge in [0.05, 0.1) is 17.6 Å². The predicted octanol–water partition coefficient (Wildman–Crippen LogP) is 2.67. The lowest BCUT2D eigenvalue weighted by molar-refractivity contribution is 0.00436. The van der Waals surface area contributed by atoms with Gasteiger partial charge in [-0.2, -0.15) is 5.26 Å². The van der Waals surface area contributed by atoms with E-state index in [0.717, 1.165) is 25.7 Å². The molecule has 0 heterocycles. The molecule has 1 saturated carbocycles. The molecule has 0 radical (unpaired) electrons. The van der Waals surface area contributed by atoms with E-state index in [1.54, 1.807) is 0 Å². The van der Waals surface area contributed by atoms with Crippen molar-refractivity contribution in [2.75, 3.05) is 0 Å². The maximum atomic E-state index is 10.1. The molecule has 1 atom stereocenters. The molecule has 1 N–H and O–H groups in total. The Morgan fingerprint density at radius 2 is 2.00 bits per heavy atom. The first-order valence-electron chi connectivity index (χ1n) is 5.90. The SMILES string of the molecule is N#CC1(C(O)CCc2ccccc2)CCC1. The standard InChI is InChI=1S/C14H17NO/c15-11-14(9-4-10-14)13(16)8-7-12-5-2-1-3-6-12/h1-3,5-6,13,16H,4,7-10H2. The summed E-state index contributed by atoms with van der Waals surface area (Å²) >= 11 is 0. The molecule has 0 bridgehead atoms. The maximum absolute atomic E-state index is 10.1. The Morgan fingerprint density at radius 1 is 1.31 bits per heavy atom. The lowest BCUT2D eigenvalue weighted by atomic mass is 9.65. The molecule has 0 amide bonds. The first-order chi connectivity index (χ1) is 7.77. The minimum Gasteiger partial charge on any atom is -0.391 e. The molecule has 16 heavy (non-hydrogen) atoms. The zero-order valence-electron chi connectivity index (χ0n) is 9.39. The Labute approximate surface area is 96.5 Å². The quantitative estimate of drug-likeness (QED) is 0.839. The normalized spacial score (nSPS) is 19.5. The number of hydrogen-bond acceptors (Lipinski definition) is 2. The van der Waals surface area contributed by atoms with Crippen LogP contribution in [0.15, 0.2) is 30.3 Å². The van der Waals surface area contributed by atoms with Crippen molar-refractivity contribution in [1.29, 1.82) is 5.26 Å². The van der Waals surface area contributed by atoms with E-state index in [0.29, 0.717) is 6.42 Å². The van der Waals surface area contributed by atoms with Gasteiger partial charge in [0.25, 0.3) is 0 Å². The van der Waals surface area contributed by atoms with Crippen molar-refractivity contribution in [2.45, 2.75) is 38.2 Å². The van der Waals surface area contributed by atoms with Crippen LogP contribution in [0.1, 0.15) is 31.2 Å². The van der Waals surface area contributed by atoms with Gasteiger partial charge in [-0.1, -0.05) is 36.8 Å². The number of benzene rings is 1. The summed E-state index contributed by atoms with van der Waals surface area (Å²) in [5, 5.41) is 19.2. The van der Waals surface area contributed by atoms with E-state index >= 15 is 0 Å². The third-order valence-electron chi connectivity index (χ3n) is 3.66. The van der Waals surface area contributed by atoms with Crippen LogP contribution in [0, 0.1) is 16.7 Å². The maximum Gasteiger partial charge on any atom is 0.0832 e. The molecule has 0 aromatic heterocycles. The third-order valence-corrected chi connectivity index (χ3v) is 3.66. The minimum absolute atomic E-state index is 0.436. The van der Waals surface area contributed by atoms with Crippen LogP contribution in [0.25, 0.3) is 0 Å². The van der Waals surface area contributed by atoms with Crippen molar-refractivity contribution < 1.29 is 5.11 Å². The first kappa shape index (κ1) is 11.2. The average molecular weight is 215 g/mol. The van der Waals surface area contributed by atoms with Crippen LogP contribution >= 0.6 is 0 Å². The molecule has 0 aliphatic heterocycles. The monoisotopic (exact) mass is 215 g/mol. The molecule has 1 aromatic rings. The van der Waals surface area contributed by atoms with Crippen molar-refractivity contribution >= 4 is 0 Å². The van der Waals surface area contributed by atoms with Crippen molar-refractivity contribution in [3.05, 3.63) is 35.9 Å². The van der Waals surface area contributed by atoms with Crippen molar-refractivity contribution in [1.82, 2.24) is 0 Å². The van der Waals surface area contributed by atoms with E-state index in [4.69, 9.17) is 5.26 Å². The molecule has 2 nitrogen and oxygen atoms in total. The molecule has 2 heteroatoms. The average Bonchev–Trinajstić information content (AvgIpc) is 2.27. The summed E-state index contributed by atoms with van der Waals surface area (Å²) in [7, 11) is 0. The van der Waals surface area contributed by atoms with E-state index < -0.39 is 11.5 Å². The van der Waals surface area contributed by atoms with E-state index in [9.17, 15) is 5.11 Å². The summed E-state index contributed by atoms with van der Waals surface area (Å²) in [4.78, 5) is 0. The highest BCUT2D eigenvalue weighted by Crippen LogP contribution is 2.44. The van der Waals surface area contributed by atoms with E-state index in [1.807, 2.05) is 18.2 Å². The van der Waals surface area contributed by atoms with Crippen LogP contribution in [0.3, 0.4) is 0 Å². The zero-order valence-corrected chi connectivity index (χ0v) is 9.39. The van der Waals surface area contributed by atoms with Crippen molar-refractivity contribution in [3.8, 4) is 6.07 Å². The Hall–Kier alpha value is -1.33. The van der Waals surface area contributed by atoms with Gasteiger partial charge in [0.15, 0.2) is 0 Å². The summed E-state index contributed by atoms with van der Waals surface area (Å²) < 4.78 is 0. The summed E-state index contributed by atoms with van der Waals surface area (Å²) in [6.45, 7) is 0. The molecular weight excluding hydrogens is 198 g/mol. The smallest absolute Gasteiger partial charge is 0.0832 e. The molecule has 2 rings (SSSR count). The Balaban J connectivity index is 1.89. The summed E-state index contributed by atoms with van der Waals surface area (Å²) in [6.07, 6.45) is 3.88. The highest BCUT2D eigenvalue weighted by atomic mass is 16.3. The van der Waals surface area contributed by atoms with Crippen LogP contribution in [0.4, 0.5) is 0 Å². The fraction of sp³-hybridized carbons (Fsp3) is 0.500. The fourth-order valence-electron chi connectivity index (χ4n) is 2.30. The Morgan fingerprint density at radius 3 is 2.50 bits per heavy atom. The third kappa shape index (κ3) is 2.10. The van der Waals surface area contributed by atoms with Crippen LogP contribution in [-0.2, 0) is 6.42 Å². The fourth-order valence-corrected chi connectivity index (χ4v) is 2.30. The molecule has 1 fully saturated rings. The van der Waals surface area contributed by atoms with Gasteiger partial charge in [-0.15, -0.1) is 0 Å². The van der Waals surface area contributed by atoms with Gasteiger partial charge in [0.2, 0.25) is 0 Å². The van der Waals surface area contributed by atoms with Gasteiger partial charge < -0.3 is 5.11 Å². The second kappa shape index (κ2) is 4.67. The topological polar surface area (TPSA) is 44.0 Å². The molecule has 1 aliphatic carbocycles. The molecule has 1 aliphatic rings. The van der Waals surface area contributed by atoms with Gasteiger partial charge in [0, 0.05) is 0 Å². The van der Waals surface area contributed by atoms with Crippen molar-refractivity contribution in [2.24, 2.45) is 5.41 Å². The van der Waals surface area contributed by atoms with E-state index in [2.05, 4.69) is 18.2 Å². The van der Waals surface area contributed by atoms with Gasteiger partial charge in [-0.25, -0.2) is 0 Å². The molecule has 84 valence electrons. The largest absolute Gasteiger partial charge is 0.391 e. The van der Waals surface area contributed by atoms with Crippen LogP contribution in [0.2, 0.25) is 0 Å². The molecule has 1 aromatic carbocycles. The molecule has 0 saturated heterocycles. The summed E-state index contributed by atoms with van der Waals surface area (Å²) in [6, 6.07) is 12.4. The van der Waals surface area contributed by atoms with Crippen LogP contribution < -0.4 is 0 Å². The molecule has 0 spiro atoms. The second-order valence-electron chi connectivity index (χ2n) is 4.66. The van der Waals surface area contributed by atoms with Crippen molar-refractivity contribution in [3.63, 3.8) is 0 Å². The van der Waals surface area contributed by atoms with Crippen LogP contribution in [0.5, 0.6) is 0 Å². The lowest BCUT2D eigenvalue weighted by Crippen LogP contribution is -2.40. The van der Waals surface area contributed by atoms with Gasteiger partial charge in [-0.3, -0.25) is 0 Å². The second-order valence-corrected chi connectivity index (χ2v) is 4.66. The van der Waals surface area contributed by atoms with Crippen LogP contribution in [-0.4, -0.2) is 11.2 Å². The highest BCUT2D eigenvalue weighted by Gasteiger charge is 2.43. The number of aliphatic hydroxyl groups is 1. The Bertz CT molecular complexity index is 375. The number of rotatable bonds is 4. The predicted molar refractivity (Wildman–Crippen MR) is 62.7 cm³/mol. The number of aliphatic hydroxyl groups excluding tert-OH is 1. The van der Waals surface area contributed by atoms with Gasteiger partial charge in [0.1, 0.15) is 0 Å². The van der Waals surface area contributed by atoms with E-state index in [1.165, 1.54) is 5.56 Å². The summed E-state index contributed by atoms with van der Waals surface area (Å²) in [5.74, 6) is 0. The Kier molecular flexibility index (Phi) is 3.26. The zero-order chi connectivity index (χ0) is 11.4. The highest BCUT2D eigenvalue weighted by molar-refractivity contribution is 5.16. The lowest BCUT2D eigenvalue weighted by Gasteiger charge is -2.39. The number of aryl methyl sites for hydroxylation is 1. The van der Waals surface area contributed by atoms with E-state index in [-0.39, 0.29) is 0 Å². The minimum atomic E-state index is -0.466. The number of hydrogen-bond donors (Lipinski definition) is 1. The number of nitriles is 1. The number of nitrogens with zero attached hydrogens (tertiary/aromatic N) is 1. The van der Waals surface area contributed by atoms with Gasteiger partial charge in [-0.05, 0) is 31.2 Å². The van der Waals surface area contributed by atoms with Gasteiger partial charge >= 0.3 is 0 Å².